The van der Waals surface area contributed by atoms with Crippen LogP contribution in [0, 0.1) is 17.8 Å². The van der Waals surface area contributed by atoms with Crippen LogP contribution in [0.15, 0.2) is 11.6 Å². The van der Waals surface area contributed by atoms with Crippen LogP contribution >= 0.6 is 0 Å². The van der Waals surface area contributed by atoms with Crippen LogP contribution in [-0.2, 0) is 4.74 Å². The van der Waals surface area contributed by atoms with Gasteiger partial charge >= 0.3 is 0 Å². The molecule has 0 aromatic rings. The summed E-state index contributed by atoms with van der Waals surface area (Å²) in [5.74, 6) is 2.32. The van der Waals surface area contributed by atoms with Gasteiger partial charge < -0.3 is 4.74 Å². The second kappa shape index (κ2) is 3.37. The molecule has 1 heterocycles. The van der Waals surface area contributed by atoms with E-state index in [1.807, 2.05) is 0 Å². The van der Waals surface area contributed by atoms with Crippen molar-refractivity contribution in [2.45, 2.75) is 46.1 Å². The first kappa shape index (κ1) is 10.2. The number of allylic oxidation sites excluding steroid dienone is 2. The maximum Gasteiger partial charge on any atom is 0.0632 e. The topological polar surface area (TPSA) is 9.23 Å². The molecule has 0 saturated carbocycles. The van der Waals surface area contributed by atoms with Gasteiger partial charge in [0.1, 0.15) is 0 Å². The minimum absolute atomic E-state index is 0.0958. The molecule has 0 bridgehead atoms. The van der Waals surface area contributed by atoms with Crippen LogP contribution < -0.4 is 0 Å². The highest BCUT2D eigenvalue weighted by Gasteiger charge is 2.37. The average Bonchev–Trinajstić information content (AvgIpc) is 2.07. The Morgan fingerprint density at radius 2 is 2.14 bits per heavy atom. The zero-order valence-electron chi connectivity index (χ0n) is 9.84. The molecule has 1 saturated heterocycles. The second-order valence-electron chi connectivity index (χ2n) is 5.75. The van der Waals surface area contributed by atoms with Gasteiger partial charge in [-0.3, -0.25) is 0 Å². The predicted molar refractivity (Wildman–Crippen MR) is 59.2 cm³/mol. The molecule has 1 aliphatic heterocycles. The molecule has 14 heavy (non-hydrogen) atoms. The van der Waals surface area contributed by atoms with Crippen LogP contribution in [0.3, 0.4) is 0 Å². The third kappa shape index (κ3) is 1.88. The fourth-order valence-corrected chi connectivity index (χ4v) is 2.83. The SMILES string of the molecule is CC1=C[C@@H]2CC(C)(C)OC[C@H]2C[C@@H]1C. The third-order valence-corrected chi connectivity index (χ3v) is 3.93. The van der Waals surface area contributed by atoms with Crippen LogP contribution in [0.2, 0.25) is 0 Å². The molecular formula is C13H22O. The molecule has 1 fully saturated rings. The molecule has 2 rings (SSSR count). The molecular weight excluding hydrogens is 172 g/mol. The number of hydrogen-bond acceptors (Lipinski definition) is 1. The summed E-state index contributed by atoms with van der Waals surface area (Å²) < 4.78 is 5.89. The van der Waals surface area contributed by atoms with E-state index in [1.54, 1.807) is 5.57 Å². The Balaban J connectivity index is 2.14. The zero-order chi connectivity index (χ0) is 10.3. The predicted octanol–water partition coefficient (Wildman–Crippen LogP) is 3.40. The molecule has 0 aromatic heterocycles. The Kier molecular flexibility index (Phi) is 2.46. The summed E-state index contributed by atoms with van der Waals surface area (Å²) in [6, 6.07) is 0. The van der Waals surface area contributed by atoms with E-state index in [9.17, 15) is 0 Å². The van der Waals surface area contributed by atoms with E-state index in [0.29, 0.717) is 0 Å². The lowest BCUT2D eigenvalue weighted by atomic mass is 9.71. The van der Waals surface area contributed by atoms with Gasteiger partial charge in [0.25, 0.3) is 0 Å². The summed E-state index contributed by atoms with van der Waals surface area (Å²) in [7, 11) is 0. The highest BCUT2D eigenvalue weighted by Crippen LogP contribution is 2.41. The van der Waals surface area contributed by atoms with Gasteiger partial charge in [0, 0.05) is 0 Å². The van der Waals surface area contributed by atoms with E-state index >= 15 is 0 Å². The Bertz CT molecular complexity index is 252. The van der Waals surface area contributed by atoms with Gasteiger partial charge in [0.15, 0.2) is 0 Å². The van der Waals surface area contributed by atoms with E-state index in [1.165, 1.54) is 12.8 Å². The quantitative estimate of drug-likeness (QED) is 0.537. The molecule has 80 valence electrons. The zero-order valence-corrected chi connectivity index (χ0v) is 9.84. The van der Waals surface area contributed by atoms with E-state index in [4.69, 9.17) is 4.74 Å². The lowest BCUT2D eigenvalue weighted by Crippen LogP contribution is -2.41. The Morgan fingerprint density at radius 3 is 2.86 bits per heavy atom. The summed E-state index contributed by atoms with van der Waals surface area (Å²) in [5, 5.41) is 0. The second-order valence-corrected chi connectivity index (χ2v) is 5.75. The number of hydrogen-bond donors (Lipinski definition) is 0. The number of fused-ring (bicyclic) bond motifs is 1. The fraction of sp³-hybridized carbons (Fsp3) is 0.846. The summed E-state index contributed by atoms with van der Waals surface area (Å²) >= 11 is 0. The maximum absolute atomic E-state index is 5.89. The monoisotopic (exact) mass is 194 g/mol. The van der Waals surface area contributed by atoms with Crippen LogP contribution in [0.5, 0.6) is 0 Å². The van der Waals surface area contributed by atoms with Crippen molar-refractivity contribution in [2.24, 2.45) is 17.8 Å². The Labute approximate surface area is 87.5 Å². The van der Waals surface area contributed by atoms with Crippen molar-refractivity contribution < 1.29 is 4.74 Å². The van der Waals surface area contributed by atoms with Crippen molar-refractivity contribution >= 4 is 0 Å². The first-order valence-corrected chi connectivity index (χ1v) is 5.80. The minimum atomic E-state index is 0.0958. The molecule has 1 heteroatoms. The molecule has 0 N–H and O–H groups in total. The van der Waals surface area contributed by atoms with Gasteiger partial charge in [0.2, 0.25) is 0 Å². The number of rotatable bonds is 0. The van der Waals surface area contributed by atoms with Gasteiger partial charge in [-0.05, 0) is 51.4 Å². The summed E-state index contributed by atoms with van der Waals surface area (Å²) in [4.78, 5) is 0. The van der Waals surface area contributed by atoms with Crippen molar-refractivity contribution in [1.29, 1.82) is 0 Å². The van der Waals surface area contributed by atoms with Gasteiger partial charge in [0.05, 0.1) is 12.2 Å². The molecule has 0 aromatic carbocycles. The van der Waals surface area contributed by atoms with E-state index in [0.717, 1.165) is 24.4 Å². The average molecular weight is 194 g/mol. The van der Waals surface area contributed by atoms with Gasteiger partial charge in [-0.1, -0.05) is 18.6 Å². The first-order chi connectivity index (χ1) is 6.48. The van der Waals surface area contributed by atoms with Crippen molar-refractivity contribution in [3.05, 3.63) is 11.6 Å². The molecule has 0 radical (unpaired) electrons. The third-order valence-electron chi connectivity index (χ3n) is 3.93. The summed E-state index contributed by atoms with van der Waals surface area (Å²) in [6.45, 7) is 10.0. The fourth-order valence-electron chi connectivity index (χ4n) is 2.83. The van der Waals surface area contributed by atoms with Crippen molar-refractivity contribution in [3.63, 3.8) is 0 Å². The molecule has 1 aliphatic carbocycles. The minimum Gasteiger partial charge on any atom is -0.375 e. The van der Waals surface area contributed by atoms with Crippen LogP contribution in [0.1, 0.15) is 40.5 Å². The first-order valence-electron chi connectivity index (χ1n) is 5.80. The summed E-state index contributed by atoms with van der Waals surface area (Å²) in [5.41, 5.74) is 1.68. The largest absolute Gasteiger partial charge is 0.375 e. The molecule has 0 spiro atoms. The smallest absolute Gasteiger partial charge is 0.0632 e. The molecule has 1 nitrogen and oxygen atoms in total. The van der Waals surface area contributed by atoms with Crippen LogP contribution in [0.25, 0.3) is 0 Å². The lowest BCUT2D eigenvalue weighted by molar-refractivity contribution is -0.0987. The maximum atomic E-state index is 5.89. The standard InChI is InChI=1S/C13H22O/c1-9-5-11-7-13(3,4)14-8-12(11)6-10(9)2/h5,10-12H,6-8H2,1-4H3/t10-,11+,12+/m0/s1. The summed E-state index contributed by atoms with van der Waals surface area (Å²) in [6.07, 6.45) is 5.02. The molecule has 0 amide bonds. The highest BCUT2D eigenvalue weighted by molar-refractivity contribution is 5.12. The Morgan fingerprint density at radius 1 is 1.43 bits per heavy atom. The molecule has 0 unspecified atom stereocenters. The van der Waals surface area contributed by atoms with Crippen molar-refractivity contribution in [2.75, 3.05) is 6.61 Å². The normalized spacial score (nSPS) is 41.4. The Hall–Kier alpha value is -0.300. The van der Waals surface area contributed by atoms with Gasteiger partial charge in [-0.2, -0.15) is 0 Å². The molecule has 3 atom stereocenters. The van der Waals surface area contributed by atoms with Gasteiger partial charge in [-0.15, -0.1) is 0 Å². The van der Waals surface area contributed by atoms with E-state index < -0.39 is 0 Å². The van der Waals surface area contributed by atoms with Crippen LogP contribution in [0.4, 0.5) is 0 Å². The van der Waals surface area contributed by atoms with Crippen LogP contribution in [-0.4, -0.2) is 12.2 Å². The van der Waals surface area contributed by atoms with Crippen molar-refractivity contribution in [3.8, 4) is 0 Å². The van der Waals surface area contributed by atoms with E-state index in [-0.39, 0.29) is 5.60 Å². The lowest BCUT2D eigenvalue weighted by Gasteiger charge is -2.43. The number of ether oxygens (including phenoxy) is 1. The highest BCUT2D eigenvalue weighted by atomic mass is 16.5. The van der Waals surface area contributed by atoms with Crippen molar-refractivity contribution in [1.82, 2.24) is 0 Å². The van der Waals surface area contributed by atoms with Gasteiger partial charge in [-0.25, -0.2) is 0 Å². The molecule has 2 aliphatic rings. The van der Waals surface area contributed by atoms with E-state index in [2.05, 4.69) is 33.8 Å².